The molecule has 0 aliphatic heterocycles. The van der Waals surface area contributed by atoms with Gasteiger partial charge in [0.2, 0.25) is 0 Å². The van der Waals surface area contributed by atoms with Gasteiger partial charge in [0.15, 0.2) is 0 Å². The van der Waals surface area contributed by atoms with Crippen LogP contribution in [0, 0.1) is 10.1 Å². The van der Waals surface area contributed by atoms with E-state index < -0.39 is 27.9 Å². The van der Waals surface area contributed by atoms with Gasteiger partial charge in [0.25, 0.3) is 0 Å². The summed E-state index contributed by atoms with van der Waals surface area (Å²) in [7, 11) is 0. The van der Waals surface area contributed by atoms with Crippen LogP contribution < -0.4 is 10.9 Å². The average Bonchev–Trinajstić information content (AvgIpc) is 2.37. The lowest BCUT2D eigenvalue weighted by Gasteiger charge is -2.19. The monoisotopic (exact) mass is 309 g/mol. The third-order valence-electron chi connectivity index (χ3n) is 2.39. The summed E-state index contributed by atoms with van der Waals surface area (Å²) in [5.74, 6) is 0. The van der Waals surface area contributed by atoms with Crippen LogP contribution in [-0.2, 0) is 4.74 Å². The fraction of sp³-hybridized carbons (Fsp3) is 0.429. The van der Waals surface area contributed by atoms with E-state index in [4.69, 9.17) is 4.74 Å². The molecular weight excluding hydrogens is 290 g/mol. The molecule has 0 radical (unpaired) electrons. The number of aromatic nitrogens is 1. The maximum absolute atomic E-state index is 11.4. The first-order chi connectivity index (χ1) is 10.2. The van der Waals surface area contributed by atoms with Crippen molar-refractivity contribution in [2.24, 2.45) is 0 Å². The van der Waals surface area contributed by atoms with Gasteiger partial charge in [0.05, 0.1) is 4.92 Å². The first-order valence-electron chi connectivity index (χ1n) is 6.69. The van der Waals surface area contributed by atoms with Gasteiger partial charge in [-0.15, -0.1) is 0 Å². The highest BCUT2D eigenvalue weighted by atomic mass is 16.6. The molecule has 1 heterocycles. The SMILES string of the molecule is CC(C)(C)OC(=O)NCCC=Cc1c[nH]c(=O)c([N+](=O)[O-])c1. The lowest BCUT2D eigenvalue weighted by molar-refractivity contribution is -0.386. The molecule has 0 bridgehead atoms. The molecule has 1 aromatic heterocycles. The van der Waals surface area contributed by atoms with Crippen LogP contribution in [0.3, 0.4) is 0 Å². The Morgan fingerprint density at radius 1 is 1.50 bits per heavy atom. The van der Waals surface area contributed by atoms with Gasteiger partial charge in [-0.3, -0.25) is 14.9 Å². The number of rotatable bonds is 5. The van der Waals surface area contributed by atoms with E-state index in [9.17, 15) is 19.7 Å². The van der Waals surface area contributed by atoms with E-state index in [2.05, 4.69) is 10.3 Å². The number of nitrogens with one attached hydrogen (secondary N) is 2. The number of ether oxygens (including phenoxy) is 1. The molecule has 8 nitrogen and oxygen atoms in total. The molecule has 120 valence electrons. The molecule has 1 aromatic rings. The van der Waals surface area contributed by atoms with Gasteiger partial charge in [-0.2, -0.15) is 0 Å². The quantitative estimate of drug-likeness (QED) is 0.491. The number of carbonyl (C=O) groups excluding carboxylic acids is 1. The first-order valence-corrected chi connectivity index (χ1v) is 6.69. The normalized spacial score (nSPS) is 11.4. The van der Waals surface area contributed by atoms with Crippen molar-refractivity contribution in [3.05, 3.63) is 44.4 Å². The van der Waals surface area contributed by atoms with Gasteiger partial charge in [-0.05, 0) is 32.8 Å². The van der Waals surface area contributed by atoms with Crippen LogP contribution in [0.25, 0.3) is 6.08 Å². The smallest absolute Gasteiger partial charge is 0.407 e. The second kappa shape index (κ2) is 7.39. The predicted octanol–water partition coefficient (Wildman–Crippen LogP) is 2.21. The van der Waals surface area contributed by atoms with Crippen molar-refractivity contribution in [3.63, 3.8) is 0 Å². The largest absolute Gasteiger partial charge is 0.444 e. The van der Waals surface area contributed by atoms with E-state index in [1.807, 2.05) is 0 Å². The Hall–Kier alpha value is -2.64. The summed E-state index contributed by atoms with van der Waals surface area (Å²) in [6.07, 6.45) is 4.76. The maximum Gasteiger partial charge on any atom is 0.407 e. The summed E-state index contributed by atoms with van der Waals surface area (Å²) in [6.45, 7) is 5.69. The van der Waals surface area contributed by atoms with Crippen molar-refractivity contribution in [2.75, 3.05) is 6.54 Å². The number of nitrogens with zero attached hydrogens (tertiary/aromatic N) is 1. The van der Waals surface area contributed by atoms with E-state index in [0.717, 1.165) is 0 Å². The minimum Gasteiger partial charge on any atom is -0.444 e. The summed E-state index contributed by atoms with van der Waals surface area (Å²) in [5, 5.41) is 13.2. The number of nitro groups is 1. The highest BCUT2D eigenvalue weighted by molar-refractivity contribution is 5.67. The summed E-state index contributed by atoms with van der Waals surface area (Å²) in [6, 6.07) is 1.19. The standard InChI is InChI=1S/C14H19N3O5/c1-14(2,3)22-13(19)15-7-5-4-6-10-8-11(17(20)21)12(18)16-9-10/h4,6,8-9H,5,7H2,1-3H3,(H,15,19)(H,16,18). The van der Waals surface area contributed by atoms with E-state index in [1.165, 1.54) is 12.3 Å². The van der Waals surface area contributed by atoms with E-state index in [0.29, 0.717) is 18.5 Å². The van der Waals surface area contributed by atoms with E-state index in [-0.39, 0.29) is 0 Å². The lowest BCUT2D eigenvalue weighted by atomic mass is 10.2. The van der Waals surface area contributed by atoms with Gasteiger partial charge in [0, 0.05) is 18.8 Å². The molecule has 0 aliphatic carbocycles. The van der Waals surface area contributed by atoms with Crippen LogP contribution >= 0.6 is 0 Å². The number of hydrogen-bond acceptors (Lipinski definition) is 5. The molecule has 0 unspecified atom stereocenters. The molecule has 0 saturated heterocycles. The summed E-state index contributed by atoms with van der Waals surface area (Å²) >= 11 is 0. The summed E-state index contributed by atoms with van der Waals surface area (Å²) in [4.78, 5) is 34.8. The van der Waals surface area contributed by atoms with Crippen molar-refractivity contribution in [2.45, 2.75) is 32.8 Å². The zero-order chi connectivity index (χ0) is 16.8. The number of carbonyl (C=O) groups is 1. The van der Waals surface area contributed by atoms with Crippen molar-refractivity contribution >= 4 is 17.9 Å². The molecule has 0 aromatic carbocycles. The molecule has 22 heavy (non-hydrogen) atoms. The highest BCUT2D eigenvalue weighted by Crippen LogP contribution is 2.08. The molecule has 0 spiro atoms. The molecule has 0 fully saturated rings. The predicted molar refractivity (Wildman–Crippen MR) is 81.6 cm³/mol. The van der Waals surface area contributed by atoms with Gasteiger partial charge < -0.3 is 15.0 Å². The van der Waals surface area contributed by atoms with Crippen molar-refractivity contribution in [1.29, 1.82) is 0 Å². The van der Waals surface area contributed by atoms with Gasteiger partial charge in [-0.25, -0.2) is 4.79 Å². The second-order valence-electron chi connectivity index (χ2n) is 5.52. The molecule has 0 saturated carbocycles. The second-order valence-corrected chi connectivity index (χ2v) is 5.52. The fourth-order valence-corrected chi connectivity index (χ4v) is 1.51. The van der Waals surface area contributed by atoms with Crippen LogP contribution in [0.1, 0.15) is 32.8 Å². The molecule has 0 aliphatic rings. The number of amides is 1. The van der Waals surface area contributed by atoms with Crippen LogP contribution in [0.5, 0.6) is 0 Å². The lowest BCUT2D eigenvalue weighted by Crippen LogP contribution is -2.32. The van der Waals surface area contributed by atoms with Gasteiger partial charge in [0.1, 0.15) is 5.60 Å². The third kappa shape index (κ3) is 6.21. The van der Waals surface area contributed by atoms with E-state index >= 15 is 0 Å². The Balaban J connectivity index is 2.47. The topological polar surface area (TPSA) is 114 Å². The van der Waals surface area contributed by atoms with Crippen LogP contribution in [0.4, 0.5) is 10.5 Å². The van der Waals surface area contributed by atoms with Crippen molar-refractivity contribution in [3.8, 4) is 0 Å². The van der Waals surface area contributed by atoms with Crippen molar-refractivity contribution in [1.82, 2.24) is 10.3 Å². The number of pyridine rings is 1. The Morgan fingerprint density at radius 3 is 2.77 bits per heavy atom. The summed E-state index contributed by atoms with van der Waals surface area (Å²) in [5.41, 5.74) is -1.29. The fourth-order valence-electron chi connectivity index (χ4n) is 1.51. The minimum atomic E-state index is -0.742. The zero-order valence-corrected chi connectivity index (χ0v) is 12.7. The molecule has 2 N–H and O–H groups in total. The average molecular weight is 309 g/mol. The number of hydrogen-bond donors (Lipinski definition) is 2. The van der Waals surface area contributed by atoms with Crippen LogP contribution in [0.2, 0.25) is 0 Å². The number of H-pyrrole nitrogens is 1. The molecular formula is C14H19N3O5. The molecule has 1 rings (SSSR count). The van der Waals surface area contributed by atoms with Gasteiger partial charge in [-0.1, -0.05) is 12.2 Å². The Morgan fingerprint density at radius 2 is 2.18 bits per heavy atom. The Kier molecular flexibility index (Phi) is 5.85. The molecule has 0 atom stereocenters. The van der Waals surface area contributed by atoms with E-state index in [1.54, 1.807) is 32.9 Å². The maximum atomic E-state index is 11.4. The minimum absolute atomic E-state index is 0.372. The number of alkyl carbamates (subject to hydrolysis) is 1. The zero-order valence-electron chi connectivity index (χ0n) is 12.7. The van der Waals surface area contributed by atoms with Crippen molar-refractivity contribution < 1.29 is 14.5 Å². The Bertz CT molecular complexity index is 628. The molecule has 8 heteroatoms. The molecule has 1 amide bonds. The van der Waals surface area contributed by atoms with Crippen LogP contribution in [0.15, 0.2) is 23.1 Å². The first kappa shape index (κ1) is 17.4. The summed E-state index contributed by atoms with van der Waals surface area (Å²) < 4.78 is 5.07. The van der Waals surface area contributed by atoms with Gasteiger partial charge >= 0.3 is 17.3 Å². The highest BCUT2D eigenvalue weighted by Gasteiger charge is 2.15. The third-order valence-corrected chi connectivity index (χ3v) is 2.39. The van der Waals surface area contributed by atoms with Crippen LogP contribution in [-0.4, -0.2) is 28.1 Å². The Labute approximate surface area is 127 Å². The number of aromatic amines is 1.